The molecule has 3 heteroatoms. The number of rotatable bonds is 5. The Balaban J connectivity index is 2.29. The molecule has 15 heavy (non-hydrogen) atoms. The van der Waals surface area contributed by atoms with Crippen LogP contribution >= 0.6 is 0 Å². The molecule has 0 bridgehead atoms. The van der Waals surface area contributed by atoms with Crippen LogP contribution in [0.5, 0.6) is 0 Å². The Bertz CT molecular complexity index is 248. The molecule has 1 atom stereocenters. The number of nitrogens with zero attached hydrogens (tertiary/aromatic N) is 1. The first-order valence-corrected chi connectivity index (χ1v) is 5.60. The monoisotopic (exact) mass is 211 g/mol. The van der Waals surface area contributed by atoms with Gasteiger partial charge < -0.3 is 9.64 Å². The Hall–Kier alpha value is -0.990. The van der Waals surface area contributed by atoms with E-state index in [4.69, 9.17) is 4.74 Å². The highest BCUT2D eigenvalue weighted by molar-refractivity contribution is 5.71. The van der Waals surface area contributed by atoms with Gasteiger partial charge in [-0.2, -0.15) is 0 Å². The molecule has 0 radical (unpaired) electrons. The maximum atomic E-state index is 11.6. The lowest BCUT2D eigenvalue weighted by Crippen LogP contribution is -2.30. The van der Waals surface area contributed by atoms with Crippen molar-refractivity contribution in [1.82, 2.24) is 4.90 Å². The second-order valence-corrected chi connectivity index (χ2v) is 4.65. The summed E-state index contributed by atoms with van der Waals surface area (Å²) >= 11 is 0. The van der Waals surface area contributed by atoms with E-state index in [1.165, 1.54) is 0 Å². The van der Waals surface area contributed by atoms with Gasteiger partial charge in [0.2, 0.25) is 0 Å². The number of ether oxygens (including phenoxy) is 1. The first-order chi connectivity index (χ1) is 7.00. The molecule has 0 aromatic heterocycles. The highest BCUT2D eigenvalue weighted by Crippen LogP contribution is 2.26. The molecule has 3 nitrogen and oxygen atoms in total. The Kier molecular flexibility index (Phi) is 3.77. The van der Waals surface area contributed by atoms with Crippen LogP contribution < -0.4 is 0 Å². The summed E-state index contributed by atoms with van der Waals surface area (Å²) in [5, 5.41) is 0. The minimum atomic E-state index is -0.345. The van der Waals surface area contributed by atoms with E-state index < -0.39 is 0 Å². The van der Waals surface area contributed by atoms with Crippen LogP contribution in [0.3, 0.4) is 0 Å². The maximum Gasteiger partial charge on any atom is 0.410 e. The van der Waals surface area contributed by atoms with E-state index in [2.05, 4.69) is 6.58 Å². The fourth-order valence-electron chi connectivity index (χ4n) is 1.33. The van der Waals surface area contributed by atoms with Gasteiger partial charge in [0.05, 0.1) is 6.04 Å². The molecule has 1 aliphatic heterocycles. The van der Waals surface area contributed by atoms with Crippen LogP contribution in [0.2, 0.25) is 0 Å². The Morgan fingerprint density at radius 1 is 1.67 bits per heavy atom. The predicted molar refractivity (Wildman–Crippen MR) is 60.8 cm³/mol. The molecule has 0 aromatic carbocycles. The average Bonchev–Trinajstić information content (AvgIpc) is 2.93. The van der Waals surface area contributed by atoms with E-state index in [-0.39, 0.29) is 11.7 Å². The molecule has 0 saturated carbocycles. The lowest BCUT2D eigenvalue weighted by atomic mass is 10.1. The third-order valence-corrected chi connectivity index (χ3v) is 2.87. The van der Waals surface area contributed by atoms with Gasteiger partial charge in [-0.3, -0.25) is 0 Å². The second-order valence-electron chi connectivity index (χ2n) is 4.65. The van der Waals surface area contributed by atoms with Crippen molar-refractivity contribution in [3.63, 3.8) is 0 Å². The summed E-state index contributed by atoms with van der Waals surface area (Å²) in [7, 11) is 0. The molecule has 1 amide bonds. The Morgan fingerprint density at radius 3 is 2.87 bits per heavy atom. The van der Waals surface area contributed by atoms with Crippen LogP contribution in [0.15, 0.2) is 12.7 Å². The summed E-state index contributed by atoms with van der Waals surface area (Å²) in [5.74, 6) is 0. The van der Waals surface area contributed by atoms with E-state index in [0.29, 0.717) is 6.04 Å². The van der Waals surface area contributed by atoms with Crippen molar-refractivity contribution in [3.8, 4) is 0 Å². The SMILES string of the molecule is C=CCC[C@H]1CN1C(=O)OC(C)(C)CC. The smallest absolute Gasteiger partial charge is 0.410 e. The quantitative estimate of drug-likeness (QED) is 0.517. The highest BCUT2D eigenvalue weighted by atomic mass is 16.6. The van der Waals surface area contributed by atoms with Crippen LogP contribution in [-0.2, 0) is 4.74 Å². The molecule has 0 aliphatic carbocycles. The van der Waals surface area contributed by atoms with Crippen molar-refractivity contribution in [2.45, 2.75) is 51.7 Å². The summed E-state index contributed by atoms with van der Waals surface area (Å²) in [4.78, 5) is 13.4. The zero-order valence-corrected chi connectivity index (χ0v) is 9.95. The molecule has 1 aliphatic rings. The molecule has 1 saturated heterocycles. The van der Waals surface area contributed by atoms with E-state index in [1.807, 2.05) is 26.8 Å². The van der Waals surface area contributed by atoms with Gasteiger partial charge >= 0.3 is 6.09 Å². The van der Waals surface area contributed by atoms with Gasteiger partial charge in [0, 0.05) is 6.54 Å². The van der Waals surface area contributed by atoms with Crippen LogP contribution in [0, 0.1) is 0 Å². The Morgan fingerprint density at radius 2 is 2.33 bits per heavy atom. The molecule has 0 spiro atoms. The summed E-state index contributed by atoms with van der Waals surface area (Å²) in [6.07, 6.45) is 4.52. The second kappa shape index (κ2) is 4.69. The third-order valence-electron chi connectivity index (χ3n) is 2.87. The fourth-order valence-corrected chi connectivity index (χ4v) is 1.33. The lowest BCUT2D eigenvalue weighted by molar-refractivity contribution is 0.0253. The largest absolute Gasteiger partial charge is 0.443 e. The summed E-state index contributed by atoms with van der Waals surface area (Å²) in [6, 6.07) is 0.378. The maximum absolute atomic E-state index is 11.6. The number of amides is 1. The van der Waals surface area contributed by atoms with Crippen molar-refractivity contribution >= 4 is 6.09 Å². The number of carbonyl (C=O) groups is 1. The molecule has 0 N–H and O–H groups in total. The van der Waals surface area contributed by atoms with Gasteiger partial charge in [0.25, 0.3) is 0 Å². The fraction of sp³-hybridized carbons (Fsp3) is 0.750. The number of allylic oxidation sites excluding steroid dienone is 1. The molecule has 1 heterocycles. The van der Waals surface area contributed by atoms with Gasteiger partial charge in [-0.05, 0) is 33.1 Å². The molecule has 1 rings (SSSR count). The van der Waals surface area contributed by atoms with Crippen LogP contribution in [-0.4, -0.2) is 29.2 Å². The number of carbonyl (C=O) groups excluding carboxylic acids is 1. The topological polar surface area (TPSA) is 29.3 Å². The van der Waals surface area contributed by atoms with E-state index in [9.17, 15) is 4.79 Å². The minimum absolute atomic E-state index is 0.170. The molecular weight excluding hydrogens is 190 g/mol. The molecule has 86 valence electrons. The van der Waals surface area contributed by atoms with E-state index in [1.54, 1.807) is 4.90 Å². The first kappa shape index (κ1) is 12.1. The summed E-state index contributed by atoms with van der Waals surface area (Å²) in [5.41, 5.74) is -0.345. The highest BCUT2D eigenvalue weighted by Gasteiger charge is 2.40. The summed E-state index contributed by atoms with van der Waals surface area (Å²) < 4.78 is 5.38. The normalized spacial score (nSPS) is 19.9. The van der Waals surface area contributed by atoms with Crippen LogP contribution in [0.4, 0.5) is 4.79 Å². The van der Waals surface area contributed by atoms with Crippen LogP contribution in [0.1, 0.15) is 40.0 Å². The van der Waals surface area contributed by atoms with Crippen molar-refractivity contribution in [2.75, 3.05) is 6.54 Å². The predicted octanol–water partition coefficient (Wildman–Crippen LogP) is 2.96. The van der Waals surface area contributed by atoms with Gasteiger partial charge in [0.1, 0.15) is 5.60 Å². The van der Waals surface area contributed by atoms with Crippen molar-refractivity contribution < 1.29 is 9.53 Å². The third kappa shape index (κ3) is 3.57. The number of hydrogen-bond acceptors (Lipinski definition) is 2. The van der Waals surface area contributed by atoms with E-state index >= 15 is 0 Å². The van der Waals surface area contributed by atoms with Gasteiger partial charge in [-0.15, -0.1) is 6.58 Å². The first-order valence-electron chi connectivity index (χ1n) is 5.60. The standard InChI is InChI=1S/C12H21NO2/c1-5-7-8-10-9-13(10)11(14)15-12(3,4)6-2/h5,10H,1,6-9H2,2-4H3/t10-,13?/m0/s1. The van der Waals surface area contributed by atoms with Crippen molar-refractivity contribution in [2.24, 2.45) is 0 Å². The lowest BCUT2D eigenvalue weighted by Gasteiger charge is -2.23. The molecular formula is C12H21NO2. The zero-order valence-electron chi connectivity index (χ0n) is 9.95. The Labute approximate surface area is 92.1 Å². The molecule has 0 aromatic rings. The number of hydrogen-bond donors (Lipinski definition) is 0. The van der Waals surface area contributed by atoms with Gasteiger partial charge in [0.15, 0.2) is 0 Å². The molecule has 1 fully saturated rings. The van der Waals surface area contributed by atoms with Gasteiger partial charge in [-0.1, -0.05) is 13.0 Å². The van der Waals surface area contributed by atoms with E-state index in [0.717, 1.165) is 25.8 Å². The van der Waals surface area contributed by atoms with Gasteiger partial charge in [-0.25, -0.2) is 4.79 Å². The van der Waals surface area contributed by atoms with Crippen molar-refractivity contribution in [3.05, 3.63) is 12.7 Å². The average molecular weight is 211 g/mol. The molecule has 0 unspecified atom stereocenters. The summed E-state index contributed by atoms with van der Waals surface area (Å²) in [6.45, 7) is 10.4. The van der Waals surface area contributed by atoms with Crippen molar-refractivity contribution in [1.29, 1.82) is 0 Å². The minimum Gasteiger partial charge on any atom is -0.443 e. The zero-order chi connectivity index (χ0) is 11.5. The van der Waals surface area contributed by atoms with Crippen LogP contribution in [0.25, 0.3) is 0 Å².